The first-order valence-corrected chi connectivity index (χ1v) is 17.7. The molecule has 1 unspecified atom stereocenters. The van der Waals surface area contributed by atoms with Gasteiger partial charge in [0.05, 0.1) is 34.9 Å². The SMILES string of the molecule is Cc1[nH]nc2c(C)cc(C(=O)Nc3ccc4c(c3)nc(C(F)(F)N3CC=C(c5cccc(OCc6ccc(Cl)cc6F)n5)CC3)n4CC3CCO3)cc12. The molecule has 272 valence electrons. The summed E-state index contributed by atoms with van der Waals surface area (Å²) in [6, 6.07) is 14.7. The van der Waals surface area contributed by atoms with Crippen LogP contribution in [0.25, 0.3) is 27.5 Å². The Balaban J connectivity index is 1.01. The van der Waals surface area contributed by atoms with Crippen molar-refractivity contribution in [2.45, 2.75) is 52.0 Å². The second-order valence-corrected chi connectivity index (χ2v) is 13.8. The average Bonchev–Trinajstić information content (AvgIpc) is 3.70. The number of anilines is 1. The number of ether oxygens (including phenoxy) is 2. The van der Waals surface area contributed by atoms with E-state index in [9.17, 15) is 9.18 Å². The van der Waals surface area contributed by atoms with Gasteiger partial charge in [-0.15, -0.1) is 0 Å². The molecule has 0 saturated carbocycles. The summed E-state index contributed by atoms with van der Waals surface area (Å²) in [5, 5.41) is 11.3. The smallest absolute Gasteiger partial charge is 0.364 e. The zero-order valence-electron chi connectivity index (χ0n) is 28.9. The summed E-state index contributed by atoms with van der Waals surface area (Å²) in [6.07, 6.45) is 2.61. The van der Waals surface area contributed by atoms with Crippen molar-refractivity contribution >= 4 is 50.7 Å². The van der Waals surface area contributed by atoms with Crippen molar-refractivity contribution in [1.82, 2.24) is 29.6 Å². The number of imidazole rings is 1. The van der Waals surface area contributed by atoms with E-state index in [1.165, 1.54) is 10.6 Å². The van der Waals surface area contributed by atoms with Crippen molar-refractivity contribution < 1.29 is 27.4 Å². The number of hydrogen-bond acceptors (Lipinski definition) is 7. The van der Waals surface area contributed by atoms with Gasteiger partial charge in [0.25, 0.3) is 5.91 Å². The molecule has 0 radical (unpaired) electrons. The zero-order valence-corrected chi connectivity index (χ0v) is 29.7. The van der Waals surface area contributed by atoms with Gasteiger partial charge in [-0.05, 0) is 86.4 Å². The minimum absolute atomic E-state index is 0.0407. The zero-order chi connectivity index (χ0) is 36.9. The van der Waals surface area contributed by atoms with Crippen LogP contribution in [-0.2, 0) is 23.9 Å². The number of fused-ring (bicyclic) bond motifs is 2. The number of rotatable bonds is 10. The Morgan fingerprint density at radius 2 is 1.96 bits per heavy atom. The van der Waals surface area contributed by atoms with Gasteiger partial charge in [-0.25, -0.2) is 19.3 Å². The lowest BCUT2D eigenvalue weighted by Crippen LogP contribution is -2.44. The van der Waals surface area contributed by atoms with Crippen LogP contribution in [0.2, 0.25) is 5.02 Å². The minimum atomic E-state index is -3.43. The van der Waals surface area contributed by atoms with Crippen LogP contribution in [0, 0.1) is 19.7 Å². The molecule has 0 bridgehead atoms. The van der Waals surface area contributed by atoms with Crippen molar-refractivity contribution in [3.8, 4) is 5.88 Å². The van der Waals surface area contributed by atoms with E-state index in [0.29, 0.717) is 51.6 Å². The molecular formula is C39H35ClF3N7O3. The number of hydrogen-bond donors (Lipinski definition) is 2. The third-order valence-electron chi connectivity index (χ3n) is 9.81. The van der Waals surface area contributed by atoms with Crippen LogP contribution in [0.1, 0.15) is 51.5 Å². The predicted octanol–water partition coefficient (Wildman–Crippen LogP) is 8.18. The largest absolute Gasteiger partial charge is 0.473 e. The maximum absolute atomic E-state index is 16.5. The van der Waals surface area contributed by atoms with E-state index < -0.39 is 11.9 Å². The molecule has 10 nitrogen and oxygen atoms in total. The highest BCUT2D eigenvalue weighted by Crippen LogP contribution is 2.38. The normalized spacial score (nSPS) is 16.5. The Morgan fingerprint density at radius 1 is 1.11 bits per heavy atom. The van der Waals surface area contributed by atoms with Crippen LogP contribution in [0.3, 0.4) is 0 Å². The lowest BCUT2D eigenvalue weighted by atomic mass is 10.0. The molecule has 1 saturated heterocycles. The topological polar surface area (TPSA) is 110 Å². The fourth-order valence-corrected chi connectivity index (χ4v) is 6.92. The van der Waals surface area contributed by atoms with E-state index in [1.807, 2.05) is 13.8 Å². The molecule has 0 aliphatic carbocycles. The Hall–Kier alpha value is -5.24. The number of aromatic nitrogens is 5. The minimum Gasteiger partial charge on any atom is -0.473 e. The Bertz CT molecular complexity index is 2410. The van der Waals surface area contributed by atoms with E-state index in [-0.39, 0.29) is 50.0 Å². The lowest BCUT2D eigenvalue weighted by Gasteiger charge is -2.34. The quantitative estimate of drug-likeness (QED) is 0.136. The highest BCUT2D eigenvalue weighted by Gasteiger charge is 2.45. The van der Waals surface area contributed by atoms with Gasteiger partial charge in [0, 0.05) is 58.7 Å². The molecule has 5 heterocycles. The third kappa shape index (κ3) is 6.87. The van der Waals surface area contributed by atoms with Gasteiger partial charge < -0.3 is 19.4 Å². The first-order valence-electron chi connectivity index (χ1n) is 17.3. The summed E-state index contributed by atoms with van der Waals surface area (Å²) >= 11 is 5.85. The number of benzene rings is 3. The molecule has 2 aliphatic rings. The van der Waals surface area contributed by atoms with Crippen molar-refractivity contribution in [3.63, 3.8) is 0 Å². The highest BCUT2D eigenvalue weighted by atomic mass is 35.5. The summed E-state index contributed by atoms with van der Waals surface area (Å²) in [7, 11) is 0. The van der Waals surface area contributed by atoms with Gasteiger partial charge >= 0.3 is 6.05 Å². The summed E-state index contributed by atoms with van der Waals surface area (Å²) < 4.78 is 60.2. The monoisotopic (exact) mass is 741 g/mol. The van der Waals surface area contributed by atoms with Crippen molar-refractivity contribution in [3.05, 3.63) is 118 Å². The van der Waals surface area contributed by atoms with Crippen molar-refractivity contribution in [2.24, 2.45) is 0 Å². The van der Waals surface area contributed by atoms with Gasteiger partial charge in [0.2, 0.25) is 5.88 Å². The number of pyridine rings is 1. The van der Waals surface area contributed by atoms with Gasteiger partial charge in [-0.1, -0.05) is 29.8 Å². The summed E-state index contributed by atoms with van der Waals surface area (Å²) in [5.41, 5.74) is 6.00. The van der Waals surface area contributed by atoms with Crippen LogP contribution in [-0.4, -0.2) is 61.3 Å². The van der Waals surface area contributed by atoms with Crippen LogP contribution in [0.5, 0.6) is 5.88 Å². The highest BCUT2D eigenvalue weighted by molar-refractivity contribution is 6.30. The van der Waals surface area contributed by atoms with Crippen molar-refractivity contribution in [1.29, 1.82) is 0 Å². The van der Waals surface area contributed by atoms with E-state index >= 15 is 8.78 Å². The molecule has 1 fully saturated rings. The van der Waals surface area contributed by atoms with E-state index in [4.69, 9.17) is 21.1 Å². The molecule has 2 N–H and O–H groups in total. The fraction of sp³-hybridized carbons (Fsp3) is 0.282. The molecular weight excluding hydrogens is 707 g/mol. The van der Waals surface area contributed by atoms with Gasteiger partial charge in [-0.3, -0.25) is 9.89 Å². The van der Waals surface area contributed by atoms with Crippen LogP contribution in [0.4, 0.5) is 18.9 Å². The number of aryl methyl sites for hydroxylation is 2. The number of nitrogens with one attached hydrogen (secondary N) is 2. The first kappa shape index (κ1) is 34.8. The van der Waals surface area contributed by atoms with Gasteiger partial charge in [0.15, 0.2) is 5.82 Å². The molecule has 53 heavy (non-hydrogen) atoms. The fourth-order valence-electron chi connectivity index (χ4n) is 6.77. The average molecular weight is 742 g/mol. The Labute approximate surface area is 307 Å². The number of nitrogens with zero attached hydrogens (tertiary/aromatic N) is 5. The first-order chi connectivity index (χ1) is 25.5. The second kappa shape index (κ2) is 14.0. The Morgan fingerprint density at radius 3 is 2.72 bits per heavy atom. The van der Waals surface area contributed by atoms with Gasteiger partial charge in [0.1, 0.15) is 12.4 Å². The molecule has 1 amide bonds. The molecule has 2 aliphatic heterocycles. The van der Waals surface area contributed by atoms with Crippen LogP contribution < -0.4 is 10.1 Å². The third-order valence-corrected chi connectivity index (χ3v) is 10.0. The Kier molecular flexibility index (Phi) is 9.17. The molecule has 1 atom stereocenters. The number of H-pyrrole nitrogens is 1. The van der Waals surface area contributed by atoms with Crippen LogP contribution >= 0.6 is 11.6 Å². The predicted molar refractivity (Wildman–Crippen MR) is 196 cm³/mol. The standard InChI is InChI=1S/C39H35ClF3N7O3/c1-22-16-26(17-30-23(2)47-48-36(22)30)37(51)44-28-8-9-34-33(19-28)46-38(50(34)20-29-12-15-52-29)39(42,43)49-13-10-24(11-14-49)32-4-3-5-35(45-32)53-21-25-6-7-27(40)18-31(25)41/h3-10,16-19,29H,11-15,20-21H2,1-2H3,(H,44,51)(H,47,48). The van der Waals surface area contributed by atoms with Gasteiger partial charge in [-0.2, -0.15) is 13.9 Å². The maximum Gasteiger partial charge on any atom is 0.364 e. The van der Waals surface area contributed by atoms with E-state index in [1.54, 1.807) is 66.7 Å². The summed E-state index contributed by atoms with van der Waals surface area (Å²) in [4.78, 5) is 23.5. The summed E-state index contributed by atoms with van der Waals surface area (Å²) in [5.74, 6) is -0.906. The molecule has 14 heteroatoms. The number of alkyl halides is 2. The summed E-state index contributed by atoms with van der Waals surface area (Å²) in [6.45, 7) is 4.55. The molecule has 0 spiro atoms. The second-order valence-electron chi connectivity index (χ2n) is 13.4. The number of halogens is 4. The van der Waals surface area contributed by atoms with Crippen molar-refractivity contribution in [2.75, 3.05) is 25.0 Å². The number of carbonyl (C=O) groups excluding carboxylic acids is 1. The number of carbonyl (C=O) groups is 1. The number of aromatic amines is 1. The molecule has 3 aromatic heterocycles. The lowest BCUT2D eigenvalue weighted by molar-refractivity contribution is -0.160. The van der Waals surface area contributed by atoms with E-state index in [0.717, 1.165) is 39.1 Å². The number of amides is 1. The molecule has 6 aromatic rings. The molecule has 8 rings (SSSR count). The van der Waals surface area contributed by atoms with E-state index in [2.05, 4.69) is 25.5 Å². The van der Waals surface area contributed by atoms with Crippen LogP contribution in [0.15, 0.2) is 72.8 Å². The molecule has 3 aromatic carbocycles. The maximum atomic E-state index is 16.5.